The van der Waals surface area contributed by atoms with Gasteiger partial charge in [-0.25, -0.2) is 0 Å². The minimum absolute atomic E-state index is 0.226. The number of carbonyl (C=O) groups excluding carboxylic acids is 2. The van der Waals surface area contributed by atoms with Gasteiger partial charge in [-0.05, 0) is 36.1 Å². The van der Waals surface area contributed by atoms with Crippen LogP contribution in [0, 0.1) is 11.8 Å². The van der Waals surface area contributed by atoms with Crippen LogP contribution in [0.2, 0.25) is 0 Å². The van der Waals surface area contributed by atoms with Crippen molar-refractivity contribution < 1.29 is 24.2 Å². The molecule has 1 N–H and O–H groups in total. The van der Waals surface area contributed by atoms with E-state index in [0.29, 0.717) is 25.0 Å². The van der Waals surface area contributed by atoms with Crippen molar-refractivity contribution in [2.75, 3.05) is 6.61 Å². The molecule has 0 radical (unpaired) electrons. The van der Waals surface area contributed by atoms with Gasteiger partial charge >= 0.3 is 5.97 Å². The van der Waals surface area contributed by atoms with Crippen molar-refractivity contribution in [3.05, 3.63) is 34.6 Å². The Kier molecular flexibility index (Phi) is 3.04. The molecule has 0 aromatic carbocycles. The Morgan fingerprint density at radius 1 is 1.40 bits per heavy atom. The molecule has 0 saturated heterocycles. The van der Waals surface area contributed by atoms with E-state index in [-0.39, 0.29) is 6.42 Å². The molecule has 1 saturated carbocycles. The first kappa shape index (κ1) is 12.8. The zero-order valence-electron chi connectivity index (χ0n) is 10.8. The monoisotopic (exact) mass is 274 g/mol. The third-order valence-corrected chi connectivity index (χ3v) is 4.10. The van der Waals surface area contributed by atoms with E-state index in [0.717, 1.165) is 23.2 Å². The van der Waals surface area contributed by atoms with Crippen molar-refractivity contribution in [3.63, 3.8) is 0 Å². The average Bonchev–Trinajstić information content (AvgIpc) is 2.98. The summed E-state index contributed by atoms with van der Waals surface area (Å²) < 4.78 is 5.39. The number of fused-ring (bicyclic) bond motifs is 1. The number of hydrogen-bond acceptors (Lipinski definition) is 4. The molecule has 5 heteroatoms. The van der Waals surface area contributed by atoms with Gasteiger partial charge in [0, 0.05) is 17.9 Å². The van der Waals surface area contributed by atoms with Gasteiger partial charge < -0.3 is 14.6 Å². The fourth-order valence-corrected chi connectivity index (χ4v) is 3.07. The van der Waals surface area contributed by atoms with Crippen molar-refractivity contribution in [1.29, 1.82) is 0 Å². The Bertz CT molecular complexity index is 593. The van der Waals surface area contributed by atoms with Gasteiger partial charge in [-0.15, -0.1) is 0 Å². The van der Waals surface area contributed by atoms with Crippen LogP contribution in [0.4, 0.5) is 0 Å². The van der Waals surface area contributed by atoms with Crippen LogP contribution in [0.1, 0.15) is 19.3 Å². The number of ketones is 1. The fourth-order valence-electron chi connectivity index (χ4n) is 3.07. The smallest absolute Gasteiger partial charge is 0.314 e. The minimum atomic E-state index is -1.11. The number of aldehydes is 1. The van der Waals surface area contributed by atoms with E-state index >= 15 is 0 Å². The molecule has 20 heavy (non-hydrogen) atoms. The van der Waals surface area contributed by atoms with Crippen molar-refractivity contribution >= 4 is 18.0 Å². The molecule has 1 fully saturated rings. The van der Waals surface area contributed by atoms with Gasteiger partial charge in [0.15, 0.2) is 5.78 Å². The Balaban J connectivity index is 2.02. The highest BCUT2D eigenvalue weighted by Gasteiger charge is 2.40. The highest BCUT2D eigenvalue weighted by Crippen LogP contribution is 2.40. The highest BCUT2D eigenvalue weighted by molar-refractivity contribution is 6.11. The molecule has 0 bridgehead atoms. The second-order valence-corrected chi connectivity index (χ2v) is 5.24. The van der Waals surface area contributed by atoms with Crippen LogP contribution in [0.15, 0.2) is 34.6 Å². The Labute approximate surface area is 115 Å². The number of allylic oxidation sites excluding steroid dienone is 4. The number of aliphatic carboxylic acids is 1. The molecule has 0 amide bonds. The van der Waals surface area contributed by atoms with Gasteiger partial charge in [0.05, 0.1) is 0 Å². The lowest BCUT2D eigenvalue weighted by Gasteiger charge is -2.25. The second-order valence-electron chi connectivity index (χ2n) is 5.24. The minimum Gasteiger partial charge on any atom is -0.489 e. The summed E-state index contributed by atoms with van der Waals surface area (Å²) in [6.07, 6.45) is 5.65. The Hall–Kier alpha value is -2.17. The van der Waals surface area contributed by atoms with E-state index in [9.17, 15) is 14.4 Å². The lowest BCUT2D eigenvalue weighted by atomic mass is 9.75. The van der Waals surface area contributed by atoms with Crippen molar-refractivity contribution in [2.45, 2.75) is 19.3 Å². The average molecular weight is 274 g/mol. The number of Topliss-reactive ketones (excluding diaryl/α,β-unsaturated/α-hetero) is 1. The standard InChI is InChI=1S/C15H14O5/c16-7-9-1-2-11(15(18)19)14(17)13(9)10-5-8-3-4-20-12(8)6-10/h3,6-7,9,11H,1-2,4-5H2,(H,18,19)/t9-,11?/m0/s1. The van der Waals surface area contributed by atoms with E-state index in [2.05, 4.69) is 0 Å². The molecular weight excluding hydrogens is 260 g/mol. The molecule has 0 aromatic rings. The van der Waals surface area contributed by atoms with Crippen LogP contribution < -0.4 is 0 Å². The summed E-state index contributed by atoms with van der Waals surface area (Å²) >= 11 is 0. The van der Waals surface area contributed by atoms with E-state index in [1.54, 1.807) is 6.08 Å². The van der Waals surface area contributed by atoms with Crippen LogP contribution in [0.25, 0.3) is 0 Å². The number of carboxylic acids is 1. The summed E-state index contributed by atoms with van der Waals surface area (Å²) in [5.41, 5.74) is 2.12. The maximum Gasteiger partial charge on any atom is 0.314 e. The first-order valence-electron chi connectivity index (χ1n) is 6.61. The van der Waals surface area contributed by atoms with Gasteiger partial charge in [-0.1, -0.05) is 0 Å². The molecule has 104 valence electrons. The first-order valence-corrected chi connectivity index (χ1v) is 6.61. The number of carbonyl (C=O) groups is 3. The second kappa shape index (κ2) is 4.74. The summed E-state index contributed by atoms with van der Waals surface area (Å²) in [5.74, 6) is -2.32. The number of hydrogen-bond donors (Lipinski definition) is 1. The molecule has 0 aromatic heterocycles. The molecule has 5 nitrogen and oxygen atoms in total. The lowest BCUT2D eigenvalue weighted by Crippen LogP contribution is -2.34. The number of carboxylic acid groups (broad SMARTS) is 1. The molecule has 3 rings (SSSR count). The summed E-state index contributed by atoms with van der Waals surface area (Å²) in [5, 5.41) is 9.11. The third-order valence-electron chi connectivity index (χ3n) is 4.10. The molecule has 1 unspecified atom stereocenters. The predicted molar refractivity (Wildman–Crippen MR) is 68.7 cm³/mol. The normalized spacial score (nSPS) is 32.3. The van der Waals surface area contributed by atoms with Gasteiger partial charge in [-0.3, -0.25) is 9.59 Å². The highest BCUT2D eigenvalue weighted by atomic mass is 16.5. The van der Waals surface area contributed by atoms with E-state index in [4.69, 9.17) is 9.84 Å². The van der Waals surface area contributed by atoms with Gasteiger partial charge in [0.25, 0.3) is 0 Å². The Morgan fingerprint density at radius 3 is 2.85 bits per heavy atom. The summed E-state index contributed by atoms with van der Waals surface area (Å²) in [4.78, 5) is 34.7. The largest absolute Gasteiger partial charge is 0.489 e. The van der Waals surface area contributed by atoms with Crippen LogP contribution >= 0.6 is 0 Å². The van der Waals surface area contributed by atoms with Gasteiger partial charge in [0.1, 0.15) is 24.6 Å². The SMILES string of the molecule is O=C[C@@H]1CCC(C(=O)O)C(=O)C1=C1C=C2OCC=C2C1. The van der Waals surface area contributed by atoms with E-state index in [1.807, 2.05) is 6.08 Å². The molecule has 1 heterocycles. The van der Waals surface area contributed by atoms with Gasteiger partial charge in [-0.2, -0.15) is 0 Å². The molecular formula is C15H14O5. The summed E-state index contributed by atoms with van der Waals surface area (Å²) in [7, 11) is 0. The maximum absolute atomic E-state index is 12.4. The summed E-state index contributed by atoms with van der Waals surface area (Å²) in [6, 6.07) is 0. The molecule has 3 aliphatic rings. The molecule has 2 aliphatic carbocycles. The van der Waals surface area contributed by atoms with Crippen LogP contribution in [-0.4, -0.2) is 29.8 Å². The topological polar surface area (TPSA) is 80.7 Å². The van der Waals surface area contributed by atoms with Crippen LogP contribution in [0.3, 0.4) is 0 Å². The third kappa shape index (κ3) is 1.90. The maximum atomic E-state index is 12.4. The number of rotatable bonds is 2. The zero-order chi connectivity index (χ0) is 14.3. The fraction of sp³-hybridized carbons (Fsp3) is 0.400. The van der Waals surface area contributed by atoms with E-state index < -0.39 is 23.6 Å². The molecule has 2 atom stereocenters. The van der Waals surface area contributed by atoms with Crippen LogP contribution in [0.5, 0.6) is 0 Å². The van der Waals surface area contributed by atoms with Crippen molar-refractivity contribution in [3.8, 4) is 0 Å². The first-order chi connectivity index (χ1) is 9.61. The van der Waals surface area contributed by atoms with E-state index in [1.165, 1.54) is 0 Å². The van der Waals surface area contributed by atoms with Crippen molar-refractivity contribution in [1.82, 2.24) is 0 Å². The zero-order valence-corrected chi connectivity index (χ0v) is 10.8. The lowest BCUT2D eigenvalue weighted by molar-refractivity contribution is -0.147. The van der Waals surface area contributed by atoms with Crippen molar-refractivity contribution in [2.24, 2.45) is 11.8 Å². The molecule has 1 aliphatic heterocycles. The number of ether oxygens (including phenoxy) is 1. The Morgan fingerprint density at radius 2 is 2.20 bits per heavy atom. The van der Waals surface area contributed by atoms with Crippen LogP contribution in [-0.2, 0) is 19.1 Å². The predicted octanol–water partition coefficient (Wildman–Crippen LogP) is 1.41. The molecule has 0 spiro atoms. The quantitative estimate of drug-likeness (QED) is 0.468. The van der Waals surface area contributed by atoms with Gasteiger partial charge in [0.2, 0.25) is 0 Å². The summed E-state index contributed by atoms with van der Waals surface area (Å²) in [6.45, 7) is 0.534.